The Labute approximate surface area is 397 Å². The second-order valence-corrected chi connectivity index (χ2v) is 17.7. The highest BCUT2D eigenvalue weighted by Crippen LogP contribution is 2.36. The van der Waals surface area contributed by atoms with Gasteiger partial charge in [-0.25, -0.2) is 4.98 Å². The van der Waals surface area contributed by atoms with Crippen LogP contribution < -0.4 is 20.9 Å². The van der Waals surface area contributed by atoms with E-state index in [1.54, 1.807) is 34.7 Å². The Bertz CT molecular complexity index is 2640. The monoisotopic (exact) mass is 940 g/mol. The summed E-state index contributed by atoms with van der Waals surface area (Å²) in [6.45, 7) is 7.84. The molecule has 0 spiro atoms. The molecule has 0 radical (unpaired) electrons. The molecule has 0 bridgehead atoms. The summed E-state index contributed by atoms with van der Waals surface area (Å²) in [5.74, 6) is -2.65. The van der Waals surface area contributed by atoms with Gasteiger partial charge in [-0.3, -0.25) is 49.2 Å². The Morgan fingerprint density at radius 3 is 2.24 bits per heavy atom. The maximum atomic E-state index is 14.0. The van der Waals surface area contributed by atoms with Crippen molar-refractivity contribution in [2.24, 2.45) is 0 Å². The van der Waals surface area contributed by atoms with Crippen LogP contribution >= 0.6 is 11.3 Å². The van der Waals surface area contributed by atoms with Crippen molar-refractivity contribution in [1.82, 2.24) is 25.0 Å². The molecule has 2 unspecified atom stereocenters. The molecule has 4 aromatic carbocycles. The van der Waals surface area contributed by atoms with E-state index in [0.29, 0.717) is 69.1 Å². The van der Waals surface area contributed by atoms with Crippen molar-refractivity contribution >= 4 is 63.3 Å². The second kappa shape index (κ2) is 21.4. The van der Waals surface area contributed by atoms with E-state index >= 15 is 0 Å². The Hall–Kier alpha value is -6.83. The molecular weight excluding hydrogens is 889 g/mol. The molecule has 17 nitrogen and oxygen atoms in total. The van der Waals surface area contributed by atoms with Gasteiger partial charge in [-0.1, -0.05) is 60.7 Å². The number of fused-ring (bicyclic) bond motifs is 2. The SMILES string of the molecule is O=C1CCC(N2C(=O)c3cccc(NCCOCCOCCOCCN4CCN(c5ccc(-c6ccc7c(c6)C(=O)N(C(C(=O)Nc6nccs6)c6ccccc6)C7)cc5)CC4)c3C2=O)C(=O)N1. The molecule has 2 atom stereocenters. The van der Waals surface area contributed by atoms with Crippen LogP contribution in [0.1, 0.15) is 61.1 Å². The zero-order valence-corrected chi connectivity index (χ0v) is 38.2. The maximum Gasteiger partial charge on any atom is 0.264 e. The molecule has 9 rings (SSSR count). The smallest absolute Gasteiger partial charge is 0.264 e. The average molecular weight is 941 g/mol. The van der Waals surface area contributed by atoms with Crippen LogP contribution in [0.3, 0.4) is 0 Å². The number of nitrogens with one attached hydrogen (secondary N) is 3. The molecule has 2 saturated heterocycles. The van der Waals surface area contributed by atoms with Crippen LogP contribution in [-0.2, 0) is 35.1 Å². The molecule has 5 aromatic rings. The Morgan fingerprint density at radius 1 is 0.765 bits per heavy atom. The molecule has 0 aliphatic carbocycles. The fourth-order valence-corrected chi connectivity index (χ4v) is 9.56. The number of benzene rings is 4. The standard InChI is InChI=1S/C50H52N8O9S/c59-42-16-15-41(45(60)53-42)58-48(63)38-7-4-8-40(43(38)49(58)64)51-17-24-65-26-28-67-29-27-66-25-23-55-19-21-56(22-20-55)37-13-11-33(12-14-37)35-9-10-36-32-57(47(62)39(36)31-35)44(34-5-2-1-3-6-34)46(61)54-50-52-18-30-68-50/h1-14,18,30-31,41,44,51H,15-17,19-29,32H2,(H,52,54,61)(H,53,59,60). The van der Waals surface area contributed by atoms with Crippen LogP contribution in [0.5, 0.6) is 0 Å². The third-order valence-corrected chi connectivity index (χ3v) is 13.2. The first-order valence-electron chi connectivity index (χ1n) is 22.8. The van der Waals surface area contributed by atoms with Crippen molar-refractivity contribution in [3.05, 3.63) is 130 Å². The Morgan fingerprint density at radius 2 is 1.50 bits per heavy atom. The zero-order valence-electron chi connectivity index (χ0n) is 37.4. The summed E-state index contributed by atoms with van der Waals surface area (Å²) >= 11 is 1.33. The molecule has 0 saturated carbocycles. The van der Waals surface area contributed by atoms with E-state index in [2.05, 4.69) is 55.0 Å². The molecule has 352 valence electrons. The number of carbonyl (C=O) groups is 6. The van der Waals surface area contributed by atoms with Gasteiger partial charge in [0.1, 0.15) is 12.1 Å². The number of nitrogens with zero attached hydrogens (tertiary/aromatic N) is 5. The van der Waals surface area contributed by atoms with Crippen LogP contribution in [0, 0.1) is 0 Å². The van der Waals surface area contributed by atoms with E-state index in [1.165, 1.54) is 11.3 Å². The second-order valence-electron chi connectivity index (χ2n) is 16.8. The quantitative estimate of drug-likeness (QED) is 0.0711. The van der Waals surface area contributed by atoms with E-state index in [9.17, 15) is 28.8 Å². The number of anilines is 3. The number of piperidine rings is 1. The van der Waals surface area contributed by atoms with Gasteiger partial charge in [0, 0.05) is 80.7 Å². The van der Waals surface area contributed by atoms with Gasteiger partial charge < -0.3 is 29.3 Å². The number of imide groups is 2. The Kier molecular flexibility index (Phi) is 14.6. The van der Waals surface area contributed by atoms with Crippen molar-refractivity contribution in [3.8, 4) is 11.1 Å². The largest absolute Gasteiger partial charge is 0.382 e. The molecule has 18 heteroatoms. The normalized spacial score (nSPS) is 17.6. The summed E-state index contributed by atoms with van der Waals surface area (Å²) in [7, 11) is 0. The van der Waals surface area contributed by atoms with Gasteiger partial charge in [0.2, 0.25) is 11.8 Å². The highest BCUT2D eigenvalue weighted by atomic mass is 32.1. The number of carbonyl (C=O) groups excluding carboxylic acids is 6. The summed E-state index contributed by atoms with van der Waals surface area (Å²) in [5.41, 5.74) is 6.25. The van der Waals surface area contributed by atoms with Gasteiger partial charge in [-0.05, 0) is 59.0 Å². The maximum absolute atomic E-state index is 14.0. The Balaban J connectivity index is 0.645. The lowest BCUT2D eigenvalue weighted by Gasteiger charge is -2.36. The summed E-state index contributed by atoms with van der Waals surface area (Å²) in [5, 5.41) is 10.5. The molecule has 4 aliphatic rings. The average Bonchev–Trinajstić information content (AvgIpc) is 4.06. The third kappa shape index (κ3) is 10.3. The number of rotatable bonds is 20. The van der Waals surface area contributed by atoms with Gasteiger partial charge in [0.25, 0.3) is 23.6 Å². The topological polar surface area (TPSA) is 192 Å². The first-order valence-corrected chi connectivity index (χ1v) is 23.7. The van der Waals surface area contributed by atoms with Crippen LogP contribution in [0.4, 0.5) is 16.5 Å². The predicted octanol–water partition coefficient (Wildman–Crippen LogP) is 4.83. The zero-order chi connectivity index (χ0) is 47.0. The van der Waals surface area contributed by atoms with E-state index in [1.807, 2.05) is 48.5 Å². The molecular formula is C50H52N8O9S. The van der Waals surface area contributed by atoms with Crippen LogP contribution in [-0.4, -0.2) is 140 Å². The van der Waals surface area contributed by atoms with E-state index in [4.69, 9.17) is 14.2 Å². The first-order chi connectivity index (χ1) is 33.2. The predicted molar refractivity (Wildman–Crippen MR) is 254 cm³/mol. The molecule has 5 heterocycles. The van der Waals surface area contributed by atoms with Crippen molar-refractivity contribution < 1.29 is 43.0 Å². The van der Waals surface area contributed by atoms with E-state index in [0.717, 1.165) is 65.6 Å². The minimum Gasteiger partial charge on any atom is -0.382 e. The molecule has 2 fully saturated rings. The van der Waals surface area contributed by atoms with Gasteiger partial charge >= 0.3 is 0 Å². The summed E-state index contributed by atoms with van der Waals surface area (Å²) in [6, 6.07) is 26.9. The molecule has 4 aliphatic heterocycles. The number of hydrogen-bond acceptors (Lipinski definition) is 14. The molecule has 68 heavy (non-hydrogen) atoms. The number of amides is 6. The van der Waals surface area contributed by atoms with Gasteiger partial charge in [-0.15, -0.1) is 11.3 Å². The lowest BCUT2D eigenvalue weighted by Crippen LogP contribution is -2.54. The fourth-order valence-electron chi connectivity index (χ4n) is 9.03. The lowest BCUT2D eigenvalue weighted by molar-refractivity contribution is -0.136. The van der Waals surface area contributed by atoms with Crippen LogP contribution in [0.15, 0.2) is 103 Å². The van der Waals surface area contributed by atoms with Gasteiger partial charge in [-0.2, -0.15) is 0 Å². The molecule has 3 N–H and O–H groups in total. The number of aromatic nitrogens is 1. The lowest BCUT2D eigenvalue weighted by atomic mass is 10.00. The minimum atomic E-state index is -1.02. The molecule has 1 aromatic heterocycles. The summed E-state index contributed by atoms with van der Waals surface area (Å²) in [6.07, 6.45) is 1.80. The number of piperazine rings is 1. The highest BCUT2D eigenvalue weighted by molar-refractivity contribution is 7.13. The third-order valence-electron chi connectivity index (χ3n) is 12.5. The van der Waals surface area contributed by atoms with E-state index in [-0.39, 0.29) is 35.8 Å². The summed E-state index contributed by atoms with van der Waals surface area (Å²) in [4.78, 5) is 89.4. The summed E-state index contributed by atoms with van der Waals surface area (Å²) < 4.78 is 17.2. The van der Waals surface area contributed by atoms with Gasteiger partial charge in [0.15, 0.2) is 5.13 Å². The van der Waals surface area contributed by atoms with Crippen molar-refractivity contribution in [1.29, 1.82) is 0 Å². The highest BCUT2D eigenvalue weighted by Gasteiger charge is 2.45. The molecule has 6 amide bonds. The number of thiazole rings is 1. The van der Waals surface area contributed by atoms with Gasteiger partial charge in [0.05, 0.1) is 50.8 Å². The van der Waals surface area contributed by atoms with E-state index < -0.39 is 35.7 Å². The fraction of sp³-hybridized carbons (Fsp3) is 0.340. The van der Waals surface area contributed by atoms with Crippen molar-refractivity contribution in [2.75, 3.05) is 94.4 Å². The van der Waals surface area contributed by atoms with Crippen LogP contribution in [0.2, 0.25) is 0 Å². The van der Waals surface area contributed by atoms with Crippen molar-refractivity contribution in [2.45, 2.75) is 31.5 Å². The van der Waals surface area contributed by atoms with Crippen LogP contribution in [0.25, 0.3) is 11.1 Å². The minimum absolute atomic E-state index is 0.0626. The first kappa shape index (κ1) is 46.3. The van der Waals surface area contributed by atoms with Crippen molar-refractivity contribution in [3.63, 3.8) is 0 Å². The number of hydrogen-bond donors (Lipinski definition) is 3. The number of ether oxygens (including phenoxy) is 3.